The number of rotatable bonds is 0. The minimum atomic E-state index is -1.33. The summed E-state index contributed by atoms with van der Waals surface area (Å²) in [7, 11) is 0. The molecule has 1 aliphatic heterocycles. The molecule has 0 saturated heterocycles. The highest BCUT2D eigenvalue weighted by Gasteiger charge is 2.21. The lowest BCUT2D eigenvalue weighted by Crippen LogP contribution is -2.31. The fourth-order valence-corrected chi connectivity index (χ4v) is 2.34. The van der Waals surface area contributed by atoms with Crippen molar-refractivity contribution >= 4 is 17.0 Å². The summed E-state index contributed by atoms with van der Waals surface area (Å²) in [5, 5.41) is 0. The Hall–Kier alpha value is -0.840. The van der Waals surface area contributed by atoms with Crippen molar-refractivity contribution in [3.8, 4) is 0 Å². The Labute approximate surface area is 73.7 Å². The molecule has 1 aliphatic carbocycles. The molecule has 3 N–H and O–H groups in total. The highest BCUT2D eigenvalue weighted by Crippen LogP contribution is 2.25. The van der Waals surface area contributed by atoms with Gasteiger partial charge in [0.2, 0.25) is 11.2 Å². The smallest absolute Gasteiger partial charge is 0.244 e. The summed E-state index contributed by atoms with van der Waals surface area (Å²) in [4.78, 5) is 0. The highest BCUT2D eigenvalue weighted by molar-refractivity contribution is 7.82. The van der Waals surface area contributed by atoms with Gasteiger partial charge in [-0.1, -0.05) is 0 Å². The number of nitrogens with one attached hydrogen (secondary N) is 1. The maximum Gasteiger partial charge on any atom is 0.244 e. The first-order chi connectivity index (χ1) is 5.77. The second-order valence-electron chi connectivity index (χ2n) is 2.99. The maximum absolute atomic E-state index is 11.0. The summed E-state index contributed by atoms with van der Waals surface area (Å²) in [5.41, 5.74) is 7.74. The molecule has 0 saturated carbocycles. The van der Waals surface area contributed by atoms with Gasteiger partial charge >= 0.3 is 0 Å². The number of allylic oxidation sites excluding steroid dienone is 1. The lowest BCUT2D eigenvalue weighted by molar-refractivity contribution is 0.649. The fraction of sp³-hybridized carbons (Fsp3) is 0.571. The topological polar surface area (TPSA) is 67.5 Å². The lowest BCUT2D eigenvalue weighted by Gasteiger charge is -2.22. The summed E-state index contributed by atoms with van der Waals surface area (Å²) in [6.45, 7) is 0. The van der Waals surface area contributed by atoms with Crippen molar-refractivity contribution in [1.29, 1.82) is 0 Å². The fourth-order valence-electron chi connectivity index (χ4n) is 1.57. The molecule has 2 rings (SSSR count). The van der Waals surface area contributed by atoms with Gasteiger partial charge in [-0.2, -0.15) is 4.40 Å². The van der Waals surface area contributed by atoms with Gasteiger partial charge in [-0.15, -0.1) is 0 Å². The van der Waals surface area contributed by atoms with Crippen LogP contribution in [0.15, 0.2) is 15.7 Å². The van der Waals surface area contributed by atoms with Crippen LogP contribution in [0.1, 0.15) is 25.7 Å². The van der Waals surface area contributed by atoms with Crippen molar-refractivity contribution < 1.29 is 4.21 Å². The maximum atomic E-state index is 11.0. The van der Waals surface area contributed by atoms with Crippen molar-refractivity contribution in [1.82, 2.24) is 4.72 Å². The molecule has 0 aromatic rings. The zero-order valence-corrected chi connectivity index (χ0v) is 7.49. The van der Waals surface area contributed by atoms with Crippen molar-refractivity contribution in [3.63, 3.8) is 0 Å². The summed E-state index contributed by atoms with van der Waals surface area (Å²) in [6.07, 6.45) is 4.23. The molecule has 1 heterocycles. The summed E-state index contributed by atoms with van der Waals surface area (Å²) in [5.74, 6) is 0.460. The minimum Gasteiger partial charge on any atom is -0.383 e. The Balaban J connectivity index is 2.35. The van der Waals surface area contributed by atoms with E-state index in [0.29, 0.717) is 5.84 Å². The average molecular weight is 185 g/mol. The highest BCUT2D eigenvalue weighted by atomic mass is 32.2. The van der Waals surface area contributed by atoms with E-state index in [9.17, 15) is 4.21 Å². The van der Waals surface area contributed by atoms with Crippen LogP contribution in [0.3, 0.4) is 0 Å². The first kappa shape index (κ1) is 7.79. The minimum absolute atomic E-state index is 0.460. The predicted molar refractivity (Wildman–Crippen MR) is 48.4 cm³/mol. The van der Waals surface area contributed by atoms with Gasteiger partial charge < -0.3 is 5.73 Å². The number of amidine groups is 1. The van der Waals surface area contributed by atoms with Gasteiger partial charge in [0, 0.05) is 11.3 Å². The quantitative estimate of drug-likeness (QED) is 0.572. The van der Waals surface area contributed by atoms with Crippen molar-refractivity contribution in [2.45, 2.75) is 25.7 Å². The van der Waals surface area contributed by atoms with Crippen LogP contribution in [0, 0.1) is 0 Å². The van der Waals surface area contributed by atoms with Gasteiger partial charge in [0.25, 0.3) is 0 Å². The second-order valence-corrected chi connectivity index (χ2v) is 3.88. The van der Waals surface area contributed by atoms with Crippen LogP contribution in [0.25, 0.3) is 0 Å². The van der Waals surface area contributed by atoms with Crippen LogP contribution in [-0.4, -0.2) is 10.0 Å². The number of nitrogens with zero attached hydrogens (tertiary/aromatic N) is 1. The molecule has 0 aromatic carbocycles. The molecule has 0 spiro atoms. The Morgan fingerprint density at radius 3 is 3.00 bits per heavy atom. The summed E-state index contributed by atoms with van der Waals surface area (Å²) < 4.78 is 17.6. The van der Waals surface area contributed by atoms with E-state index in [-0.39, 0.29) is 0 Å². The Morgan fingerprint density at radius 1 is 1.42 bits per heavy atom. The molecule has 12 heavy (non-hydrogen) atoms. The van der Waals surface area contributed by atoms with Gasteiger partial charge in [0.1, 0.15) is 5.84 Å². The third kappa shape index (κ3) is 1.24. The SMILES string of the molecule is NC1=NS(=O)NC2=C1CCCC2. The molecule has 0 fully saturated rings. The molecule has 1 atom stereocenters. The van der Waals surface area contributed by atoms with Gasteiger partial charge in [-0.25, -0.2) is 4.21 Å². The third-order valence-corrected chi connectivity index (χ3v) is 2.95. The zero-order chi connectivity index (χ0) is 8.55. The molecule has 4 nitrogen and oxygen atoms in total. The molecule has 0 bridgehead atoms. The predicted octanol–water partition coefficient (Wildman–Crippen LogP) is 0.354. The van der Waals surface area contributed by atoms with Crippen LogP contribution in [0.4, 0.5) is 0 Å². The molecule has 5 heteroatoms. The van der Waals surface area contributed by atoms with Crippen LogP contribution in [0.2, 0.25) is 0 Å². The normalized spacial score (nSPS) is 29.0. The van der Waals surface area contributed by atoms with E-state index in [2.05, 4.69) is 9.12 Å². The van der Waals surface area contributed by atoms with E-state index in [1.807, 2.05) is 0 Å². The van der Waals surface area contributed by atoms with E-state index in [0.717, 1.165) is 37.0 Å². The van der Waals surface area contributed by atoms with E-state index in [1.54, 1.807) is 0 Å². The van der Waals surface area contributed by atoms with E-state index >= 15 is 0 Å². The molecule has 0 aromatic heterocycles. The third-order valence-electron chi connectivity index (χ3n) is 2.17. The summed E-state index contributed by atoms with van der Waals surface area (Å²) in [6, 6.07) is 0. The Kier molecular flexibility index (Phi) is 1.88. The molecule has 0 amide bonds. The van der Waals surface area contributed by atoms with Crippen LogP contribution in [-0.2, 0) is 11.2 Å². The average Bonchev–Trinajstić information content (AvgIpc) is 2.04. The molecular formula is C7H11N3OS. The van der Waals surface area contributed by atoms with Crippen LogP contribution < -0.4 is 10.5 Å². The summed E-state index contributed by atoms with van der Waals surface area (Å²) >= 11 is -1.33. The van der Waals surface area contributed by atoms with E-state index in [4.69, 9.17) is 5.73 Å². The van der Waals surface area contributed by atoms with E-state index in [1.165, 1.54) is 0 Å². The molecule has 1 unspecified atom stereocenters. The number of hydrogen-bond acceptors (Lipinski definition) is 2. The van der Waals surface area contributed by atoms with Crippen molar-refractivity contribution in [2.75, 3.05) is 0 Å². The van der Waals surface area contributed by atoms with Gasteiger partial charge in [-0.3, -0.25) is 4.72 Å². The van der Waals surface area contributed by atoms with Crippen LogP contribution >= 0.6 is 0 Å². The molecule has 2 aliphatic rings. The number of nitrogens with two attached hydrogens (primary N) is 1. The van der Waals surface area contributed by atoms with Gasteiger partial charge in [0.05, 0.1) is 0 Å². The van der Waals surface area contributed by atoms with Crippen molar-refractivity contribution in [3.05, 3.63) is 11.3 Å². The second kappa shape index (κ2) is 2.90. The van der Waals surface area contributed by atoms with Crippen molar-refractivity contribution in [2.24, 2.45) is 10.1 Å². The van der Waals surface area contributed by atoms with Gasteiger partial charge in [0.15, 0.2) is 0 Å². The lowest BCUT2D eigenvalue weighted by atomic mass is 9.96. The first-order valence-electron chi connectivity index (χ1n) is 4.02. The molecule has 0 radical (unpaired) electrons. The van der Waals surface area contributed by atoms with Gasteiger partial charge in [-0.05, 0) is 25.7 Å². The van der Waals surface area contributed by atoms with E-state index < -0.39 is 11.2 Å². The first-order valence-corrected chi connectivity index (χ1v) is 5.13. The van der Waals surface area contributed by atoms with Crippen LogP contribution in [0.5, 0.6) is 0 Å². The monoisotopic (exact) mass is 185 g/mol. The molecular weight excluding hydrogens is 174 g/mol. The zero-order valence-electron chi connectivity index (χ0n) is 6.67. The standard InChI is InChI=1S/C7H11N3OS/c8-7-5-3-1-2-4-6(5)9-12(11)10-7/h9H,1-4H2,(H2,8,10). The Morgan fingerprint density at radius 2 is 2.17 bits per heavy atom. The molecule has 66 valence electrons. The number of hydrogen-bond donors (Lipinski definition) is 2. The largest absolute Gasteiger partial charge is 0.383 e. The Bertz CT molecular complexity index is 295.